The number of fused-ring (bicyclic) bond motifs is 1. The number of aromatic nitrogens is 1. The highest BCUT2D eigenvalue weighted by atomic mass is 32.2. The van der Waals surface area contributed by atoms with E-state index in [-0.39, 0.29) is 40.2 Å². The molecule has 178 valence electrons. The smallest absolute Gasteiger partial charge is 0.352 e. The van der Waals surface area contributed by atoms with Crippen molar-refractivity contribution < 1.29 is 38.2 Å². The number of β-lactam (4-membered cyclic amide) rings is 1. The monoisotopic (exact) mass is 511 g/mol. The number of nitrogens with one attached hydrogen (secondary N) is 1. The maximum Gasteiger partial charge on any atom is 0.352 e. The second kappa shape index (κ2) is 9.26. The molecule has 0 spiro atoms. The number of nitrogens with two attached hydrogens (primary N) is 1. The summed E-state index contributed by atoms with van der Waals surface area (Å²) in [5.74, 6) is -5.02. The average Bonchev–Trinajstić information content (AvgIpc) is 3.23. The van der Waals surface area contributed by atoms with E-state index in [0.29, 0.717) is 0 Å². The Morgan fingerprint density at radius 1 is 1.35 bits per heavy atom. The average molecular weight is 511 g/mol. The second-order valence-corrected chi connectivity index (χ2v) is 9.00. The van der Waals surface area contributed by atoms with E-state index in [9.17, 15) is 33.5 Å². The number of carboxylic acids is 1. The first kappa shape index (κ1) is 23.4. The molecule has 2 amide bonds. The Morgan fingerprint density at radius 3 is 2.74 bits per heavy atom. The summed E-state index contributed by atoms with van der Waals surface area (Å²) in [4.78, 5) is 42.0. The number of amides is 2. The highest BCUT2D eigenvalue weighted by molar-refractivity contribution is 8.00. The number of ether oxygens (including phenoxy) is 1. The van der Waals surface area contributed by atoms with Crippen molar-refractivity contribution in [2.24, 2.45) is 5.16 Å². The van der Waals surface area contributed by atoms with Gasteiger partial charge in [0.1, 0.15) is 35.2 Å². The summed E-state index contributed by atoms with van der Waals surface area (Å²) in [5.41, 5.74) is 5.02. The fraction of sp³-hybridized carbons (Fsp3) is 0.211. The molecule has 34 heavy (non-hydrogen) atoms. The van der Waals surface area contributed by atoms with Crippen LogP contribution >= 0.6 is 23.1 Å². The molecule has 0 bridgehead atoms. The van der Waals surface area contributed by atoms with Gasteiger partial charge < -0.3 is 26.1 Å². The normalized spacial score (nSPS) is 20.0. The number of hydrogen-bond donors (Lipinski definition) is 4. The fourth-order valence-electron chi connectivity index (χ4n) is 3.35. The predicted octanol–water partition coefficient (Wildman–Crippen LogP) is 0.999. The number of oxime groups is 1. The molecule has 0 unspecified atom stereocenters. The third kappa shape index (κ3) is 4.26. The van der Waals surface area contributed by atoms with Crippen molar-refractivity contribution in [2.45, 2.75) is 11.4 Å². The van der Waals surface area contributed by atoms with Crippen LogP contribution in [0.15, 0.2) is 40.0 Å². The molecule has 2 aliphatic rings. The molecule has 1 aromatic carbocycles. The van der Waals surface area contributed by atoms with E-state index in [1.54, 1.807) is 0 Å². The van der Waals surface area contributed by atoms with Crippen molar-refractivity contribution in [3.63, 3.8) is 0 Å². The van der Waals surface area contributed by atoms with Gasteiger partial charge in [-0.3, -0.25) is 14.5 Å². The first-order chi connectivity index (χ1) is 16.2. The van der Waals surface area contributed by atoms with Crippen LogP contribution in [0, 0.1) is 11.6 Å². The third-order valence-corrected chi connectivity index (χ3v) is 6.93. The van der Waals surface area contributed by atoms with Crippen molar-refractivity contribution in [1.29, 1.82) is 0 Å². The highest BCUT2D eigenvalue weighted by Gasteiger charge is 2.54. The summed E-state index contributed by atoms with van der Waals surface area (Å²) >= 11 is 2.20. The number of nitrogen functional groups attached to an aromatic ring is 1. The molecule has 2 aromatic rings. The molecule has 3 heterocycles. The van der Waals surface area contributed by atoms with E-state index >= 15 is 0 Å². The highest BCUT2D eigenvalue weighted by Crippen LogP contribution is 2.40. The topological polar surface area (TPSA) is 167 Å². The first-order valence-corrected chi connectivity index (χ1v) is 11.4. The minimum absolute atomic E-state index is 0.0122. The number of aliphatic carboxylic acids is 1. The zero-order chi connectivity index (χ0) is 24.6. The van der Waals surface area contributed by atoms with Gasteiger partial charge in [0.15, 0.2) is 22.5 Å². The number of hydrogen-bond acceptors (Lipinski definition) is 10. The van der Waals surface area contributed by atoms with Crippen LogP contribution in [0.1, 0.15) is 5.69 Å². The lowest BCUT2D eigenvalue weighted by atomic mass is 10.0. The maximum absolute atomic E-state index is 13.4. The minimum atomic E-state index is -1.39. The Morgan fingerprint density at radius 2 is 2.12 bits per heavy atom. The van der Waals surface area contributed by atoms with E-state index in [4.69, 9.17) is 10.5 Å². The van der Waals surface area contributed by atoms with Crippen LogP contribution in [-0.2, 0) is 14.4 Å². The number of rotatable bonds is 7. The number of carbonyl (C=O) groups is 3. The molecule has 1 saturated heterocycles. The summed E-state index contributed by atoms with van der Waals surface area (Å²) in [7, 11) is 0. The van der Waals surface area contributed by atoms with Gasteiger partial charge in [0.2, 0.25) is 0 Å². The van der Waals surface area contributed by atoms with Gasteiger partial charge in [-0.05, 0) is 12.1 Å². The molecule has 2 aliphatic heterocycles. The Hall–Kier alpha value is -3.72. The summed E-state index contributed by atoms with van der Waals surface area (Å²) in [6, 6.07) is 1.81. The molecular formula is C19H15F2N5O6S2. The maximum atomic E-state index is 13.4. The number of nitrogens with zero attached hydrogens (tertiary/aromatic N) is 3. The van der Waals surface area contributed by atoms with E-state index in [1.807, 2.05) is 0 Å². The quantitative estimate of drug-likeness (QED) is 0.183. The number of carboxylic acid groups (broad SMARTS) is 1. The molecule has 15 heteroatoms. The van der Waals surface area contributed by atoms with Gasteiger partial charge in [-0.1, -0.05) is 5.16 Å². The van der Waals surface area contributed by atoms with Crippen molar-refractivity contribution in [3.05, 3.63) is 52.2 Å². The Balaban J connectivity index is 1.48. The van der Waals surface area contributed by atoms with Crippen LogP contribution in [0.4, 0.5) is 13.9 Å². The summed E-state index contributed by atoms with van der Waals surface area (Å²) in [6.45, 7) is -0.278. The van der Waals surface area contributed by atoms with Gasteiger partial charge >= 0.3 is 5.97 Å². The first-order valence-electron chi connectivity index (χ1n) is 9.43. The van der Waals surface area contributed by atoms with Gasteiger partial charge in [0, 0.05) is 22.8 Å². The number of thioether (sulfide) groups is 1. The van der Waals surface area contributed by atoms with Crippen LogP contribution in [-0.4, -0.2) is 67.5 Å². The van der Waals surface area contributed by atoms with Crippen LogP contribution < -0.4 is 15.8 Å². The Kier molecular flexibility index (Phi) is 6.39. The zero-order valence-electron chi connectivity index (χ0n) is 16.9. The largest absolute Gasteiger partial charge is 0.489 e. The summed E-state index contributed by atoms with van der Waals surface area (Å²) in [5, 5.41) is 25.1. The van der Waals surface area contributed by atoms with Crippen molar-refractivity contribution in [2.75, 3.05) is 18.1 Å². The van der Waals surface area contributed by atoms with Crippen molar-refractivity contribution in [3.8, 4) is 5.75 Å². The van der Waals surface area contributed by atoms with Gasteiger partial charge in [0.25, 0.3) is 11.8 Å². The van der Waals surface area contributed by atoms with Crippen LogP contribution in [0.5, 0.6) is 5.75 Å². The second-order valence-electron chi connectivity index (χ2n) is 7.00. The van der Waals surface area contributed by atoms with E-state index < -0.39 is 46.5 Å². The standard InChI is InChI=1S/C19H15F2N5O6S2/c20-9-2-1-8(3-10(9)21)32-4-7-5-33-17-13(16(28)26(17)14(7)18(29)30)24-15(27)12(25-31)11-6-34-19(22)23-11/h1-3,6,13,17,31H,4-5H2,(H2,22,23)(H,24,27)(H,29,30)/b25-12-/t13-,17-/m1/s1. The molecule has 4 rings (SSSR count). The van der Waals surface area contributed by atoms with Crippen LogP contribution in [0.25, 0.3) is 0 Å². The fourth-order valence-corrected chi connectivity index (χ4v) is 5.23. The molecule has 5 N–H and O–H groups in total. The number of benzene rings is 1. The van der Waals surface area contributed by atoms with Gasteiger partial charge in [-0.2, -0.15) is 0 Å². The Labute approximate surface area is 197 Å². The molecular weight excluding hydrogens is 496 g/mol. The number of carbonyl (C=O) groups excluding carboxylic acids is 2. The molecule has 2 atom stereocenters. The van der Waals surface area contributed by atoms with Gasteiger partial charge in [-0.25, -0.2) is 18.6 Å². The molecule has 1 aromatic heterocycles. The predicted molar refractivity (Wildman–Crippen MR) is 116 cm³/mol. The number of thiazole rings is 1. The van der Waals surface area contributed by atoms with Crippen molar-refractivity contribution >= 4 is 51.7 Å². The van der Waals surface area contributed by atoms with Gasteiger partial charge in [0.05, 0.1) is 0 Å². The van der Waals surface area contributed by atoms with E-state index in [2.05, 4.69) is 15.5 Å². The lowest BCUT2D eigenvalue weighted by Crippen LogP contribution is -2.71. The Bertz CT molecular complexity index is 1250. The lowest BCUT2D eigenvalue weighted by molar-refractivity contribution is -0.150. The molecule has 0 saturated carbocycles. The zero-order valence-corrected chi connectivity index (χ0v) is 18.5. The summed E-state index contributed by atoms with van der Waals surface area (Å²) < 4.78 is 31.8. The third-order valence-electron chi connectivity index (χ3n) is 4.92. The van der Waals surface area contributed by atoms with Crippen molar-refractivity contribution in [1.82, 2.24) is 15.2 Å². The number of anilines is 1. The van der Waals surface area contributed by atoms with Gasteiger partial charge in [-0.15, -0.1) is 23.1 Å². The number of halogens is 2. The van der Waals surface area contributed by atoms with Crippen LogP contribution in [0.3, 0.4) is 0 Å². The lowest BCUT2D eigenvalue weighted by Gasteiger charge is -2.49. The minimum Gasteiger partial charge on any atom is -0.489 e. The van der Waals surface area contributed by atoms with E-state index in [0.717, 1.165) is 28.4 Å². The van der Waals surface area contributed by atoms with E-state index in [1.165, 1.54) is 23.2 Å². The SMILES string of the molecule is Nc1nc(/C(=N/O)C(=O)N[C@@H]2C(=O)N3C(C(=O)O)=C(COc4ccc(F)c(F)c4)CS[C@H]23)cs1. The summed E-state index contributed by atoms with van der Waals surface area (Å²) in [6.07, 6.45) is 0. The molecule has 1 fully saturated rings. The van der Waals surface area contributed by atoms with Crippen LogP contribution in [0.2, 0.25) is 0 Å². The molecule has 0 aliphatic carbocycles. The molecule has 0 radical (unpaired) electrons. The molecule has 11 nitrogen and oxygen atoms in total.